The van der Waals surface area contributed by atoms with Crippen molar-refractivity contribution in [2.24, 2.45) is 5.73 Å². The van der Waals surface area contributed by atoms with Crippen molar-refractivity contribution in [3.05, 3.63) is 39.4 Å². The van der Waals surface area contributed by atoms with Gasteiger partial charge in [-0.05, 0) is 25.8 Å². The highest BCUT2D eigenvalue weighted by atomic mass is 16.6. The van der Waals surface area contributed by atoms with E-state index in [1.54, 1.807) is 13.0 Å². The Kier molecular flexibility index (Phi) is 5.28. The fraction of sp³-hybridized carbons (Fsp3) is 0.467. The summed E-state index contributed by atoms with van der Waals surface area (Å²) >= 11 is 0. The first kappa shape index (κ1) is 16.9. The molecule has 8 nitrogen and oxygen atoms in total. The number of benzene rings is 1. The number of hydrogen-bond donors (Lipinski definition) is 2. The van der Waals surface area contributed by atoms with E-state index in [2.05, 4.69) is 5.32 Å². The Balaban J connectivity index is 1.97. The molecule has 1 aliphatic heterocycles. The lowest BCUT2D eigenvalue weighted by Gasteiger charge is -2.31. The summed E-state index contributed by atoms with van der Waals surface area (Å²) in [5.74, 6) is -0.667. The third-order valence-electron chi connectivity index (χ3n) is 4.05. The van der Waals surface area contributed by atoms with Crippen molar-refractivity contribution in [2.45, 2.75) is 25.8 Å². The Bertz CT molecular complexity index is 624. The molecule has 1 saturated heterocycles. The second-order valence-electron chi connectivity index (χ2n) is 5.70. The fourth-order valence-electron chi connectivity index (χ4n) is 2.79. The first-order valence-electron chi connectivity index (χ1n) is 7.44. The molecule has 0 aromatic heterocycles. The Morgan fingerprint density at radius 2 is 2.04 bits per heavy atom. The molecule has 0 bridgehead atoms. The maximum absolute atomic E-state index is 12.3. The minimum absolute atomic E-state index is 0.00899. The van der Waals surface area contributed by atoms with Gasteiger partial charge in [-0.3, -0.25) is 24.6 Å². The van der Waals surface area contributed by atoms with Gasteiger partial charge in [0.2, 0.25) is 5.91 Å². The molecular formula is C15H20N4O4. The van der Waals surface area contributed by atoms with Gasteiger partial charge in [0.1, 0.15) is 0 Å². The molecule has 2 rings (SSSR count). The van der Waals surface area contributed by atoms with E-state index in [-0.39, 0.29) is 30.1 Å². The predicted octanol–water partition coefficient (Wildman–Crippen LogP) is 0.583. The molecule has 0 aliphatic carbocycles. The smallest absolute Gasteiger partial charge is 0.273 e. The van der Waals surface area contributed by atoms with E-state index in [0.717, 1.165) is 0 Å². The number of nitro groups is 1. The van der Waals surface area contributed by atoms with Crippen LogP contribution in [0.5, 0.6) is 0 Å². The van der Waals surface area contributed by atoms with Crippen LogP contribution in [0, 0.1) is 17.0 Å². The Hall–Kier alpha value is -2.48. The van der Waals surface area contributed by atoms with E-state index >= 15 is 0 Å². The molecule has 2 amide bonds. The molecule has 1 aromatic rings. The van der Waals surface area contributed by atoms with Crippen LogP contribution in [0.15, 0.2) is 18.2 Å². The summed E-state index contributed by atoms with van der Waals surface area (Å²) in [4.78, 5) is 35.6. The number of nitrogens with two attached hydrogens (primary N) is 1. The van der Waals surface area contributed by atoms with E-state index in [1.165, 1.54) is 12.1 Å². The van der Waals surface area contributed by atoms with Gasteiger partial charge in [-0.25, -0.2) is 0 Å². The summed E-state index contributed by atoms with van der Waals surface area (Å²) in [6.45, 7) is 3.16. The second kappa shape index (κ2) is 7.19. The first-order chi connectivity index (χ1) is 10.9. The number of amides is 2. The monoisotopic (exact) mass is 320 g/mol. The largest absolute Gasteiger partial charge is 0.369 e. The molecule has 0 spiro atoms. The van der Waals surface area contributed by atoms with Crippen LogP contribution >= 0.6 is 0 Å². The summed E-state index contributed by atoms with van der Waals surface area (Å²) < 4.78 is 0. The van der Waals surface area contributed by atoms with Gasteiger partial charge < -0.3 is 11.1 Å². The van der Waals surface area contributed by atoms with Crippen molar-refractivity contribution >= 4 is 17.5 Å². The van der Waals surface area contributed by atoms with E-state index in [4.69, 9.17) is 5.73 Å². The number of hydrogen-bond acceptors (Lipinski definition) is 5. The van der Waals surface area contributed by atoms with Crippen molar-refractivity contribution in [2.75, 3.05) is 19.6 Å². The fourth-order valence-corrected chi connectivity index (χ4v) is 2.79. The third-order valence-corrected chi connectivity index (χ3v) is 4.05. The van der Waals surface area contributed by atoms with Crippen LogP contribution in [0.4, 0.5) is 5.69 Å². The number of nitrogens with zero attached hydrogens (tertiary/aromatic N) is 2. The maximum atomic E-state index is 12.3. The molecule has 0 radical (unpaired) electrons. The molecule has 124 valence electrons. The highest BCUT2D eigenvalue weighted by molar-refractivity contribution is 5.96. The number of carbonyl (C=O) groups excluding carboxylic acids is 2. The van der Waals surface area contributed by atoms with Crippen LogP contribution < -0.4 is 11.1 Å². The average Bonchev–Trinajstić information content (AvgIpc) is 2.48. The third kappa shape index (κ3) is 4.26. The van der Waals surface area contributed by atoms with E-state index < -0.39 is 4.92 Å². The average molecular weight is 320 g/mol. The molecule has 1 fully saturated rings. The summed E-state index contributed by atoms with van der Waals surface area (Å²) in [7, 11) is 0. The zero-order valence-corrected chi connectivity index (χ0v) is 12.9. The summed E-state index contributed by atoms with van der Waals surface area (Å²) in [6.07, 6.45) is 1.43. The molecule has 1 aliphatic rings. The van der Waals surface area contributed by atoms with Gasteiger partial charge in [0.25, 0.3) is 11.6 Å². The topological polar surface area (TPSA) is 119 Å². The molecule has 23 heavy (non-hydrogen) atoms. The lowest BCUT2D eigenvalue weighted by molar-refractivity contribution is -0.385. The number of nitro benzene ring substituents is 1. The van der Waals surface area contributed by atoms with Gasteiger partial charge in [0, 0.05) is 36.3 Å². The van der Waals surface area contributed by atoms with Gasteiger partial charge in [0.15, 0.2) is 0 Å². The number of piperidine rings is 1. The molecule has 0 atom stereocenters. The van der Waals surface area contributed by atoms with Gasteiger partial charge in [-0.2, -0.15) is 0 Å². The molecule has 1 aromatic carbocycles. The molecule has 8 heteroatoms. The van der Waals surface area contributed by atoms with Gasteiger partial charge in [-0.15, -0.1) is 0 Å². The molecule has 3 N–H and O–H groups in total. The van der Waals surface area contributed by atoms with Gasteiger partial charge >= 0.3 is 0 Å². The Labute approximate surface area is 133 Å². The lowest BCUT2D eigenvalue weighted by atomic mass is 10.0. The maximum Gasteiger partial charge on any atom is 0.273 e. The highest BCUT2D eigenvalue weighted by Crippen LogP contribution is 2.21. The minimum atomic E-state index is -0.492. The zero-order chi connectivity index (χ0) is 17.0. The number of nitrogens with one attached hydrogen (secondary N) is 1. The number of likely N-dealkylation sites (tertiary alicyclic amines) is 1. The number of primary amides is 1. The lowest BCUT2D eigenvalue weighted by Crippen LogP contribution is -2.46. The number of carbonyl (C=O) groups is 2. The predicted molar refractivity (Wildman–Crippen MR) is 84.0 cm³/mol. The quantitative estimate of drug-likeness (QED) is 0.608. The van der Waals surface area contributed by atoms with Crippen LogP contribution in [0.25, 0.3) is 0 Å². The van der Waals surface area contributed by atoms with E-state index in [0.29, 0.717) is 37.1 Å². The van der Waals surface area contributed by atoms with Gasteiger partial charge in [-0.1, -0.05) is 6.07 Å². The van der Waals surface area contributed by atoms with Crippen LogP contribution in [0.1, 0.15) is 28.8 Å². The van der Waals surface area contributed by atoms with Crippen molar-refractivity contribution in [3.8, 4) is 0 Å². The minimum Gasteiger partial charge on any atom is -0.369 e. The van der Waals surface area contributed by atoms with Crippen LogP contribution in [-0.4, -0.2) is 47.3 Å². The van der Waals surface area contributed by atoms with Crippen LogP contribution in [0.3, 0.4) is 0 Å². The molecular weight excluding hydrogens is 300 g/mol. The van der Waals surface area contributed by atoms with E-state index in [9.17, 15) is 19.7 Å². The summed E-state index contributed by atoms with van der Waals surface area (Å²) in [5, 5.41) is 13.9. The van der Waals surface area contributed by atoms with Crippen LogP contribution in [0.2, 0.25) is 0 Å². The van der Waals surface area contributed by atoms with Crippen molar-refractivity contribution in [1.29, 1.82) is 0 Å². The Morgan fingerprint density at radius 3 is 2.61 bits per heavy atom. The summed E-state index contributed by atoms with van der Waals surface area (Å²) in [6, 6.07) is 4.47. The Morgan fingerprint density at radius 1 is 1.39 bits per heavy atom. The highest BCUT2D eigenvalue weighted by Gasteiger charge is 2.24. The SMILES string of the molecule is Cc1c(C(=O)NC2CCN(CC(N)=O)CC2)cccc1[N+](=O)[O-]. The van der Waals surface area contributed by atoms with Crippen molar-refractivity contribution in [1.82, 2.24) is 10.2 Å². The second-order valence-corrected chi connectivity index (χ2v) is 5.70. The number of rotatable bonds is 5. The first-order valence-corrected chi connectivity index (χ1v) is 7.44. The van der Waals surface area contributed by atoms with Crippen LogP contribution in [-0.2, 0) is 4.79 Å². The zero-order valence-electron chi connectivity index (χ0n) is 12.9. The van der Waals surface area contributed by atoms with E-state index in [1.807, 2.05) is 4.90 Å². The standard InChI is InChI=1S/C15H20N4O4/c1-10-12(3-2-4-13(10)19(22)23)15(21)17-11-5-7-18(8-6-11)9-14(16)20/h2-4,11H,5-9H2,1H3,(H2,16,20)(H,17,21). The van der Waals surface area contributed by atoms with Crippen molar-refractivity contribution < 1.29 is 14.5 Å². The molecule has 0 unspecified atom stereocenters. The van der Waals surface area contributed by atoms with Crippen molar-refractivity contribution in [3.63, 3.8) is 0 Å². The molecule has 1 heterocycles. The molecule has 0 saturated carbocycles. The van der Waals surface area contributed by atoms with Gasteiger partial charge in [0.05, 0.1) is 11.5 Å². The normalized spacial score (nSPS) is 16.0. The summed E-state index contributed by atoms with van der Waals surface area (Å²) in [5.41, 5.74) is 5.78.